The number of hydrogen-bond donors (Lipinski definition) is 1. The van der Waals surface area contributed by atoms with E-state index in [2.05, 4.69) is 0 Å². The van der Waals surface area contributed by atoms with Crippen molar-refractivity contribution in [2.24, 2.45) is 0 Å². The molecule has 0 aromatic heterocycles. The van der Waals surface area contributed by atoms with Crippen LogP contribution in [0.3, 0.4) is 0 Å². The minimum absolute atomic E-state index is 0.0139. The first-order valence-electron chi connectivity index (χ1n) is 4.37. The van der Waals surface area contributed by atoms with Gasteiger partial charge in [0.15, 0.2) is 5.78 Å². The van der Waals surface area contributed by atoms with Crippen LogP contribution in [0.4, 0.5) is 0 Å². The van der Waals surface area contributed by atoms with Crippen LogP contribution >= 0.6 is 0 Å². The summed E-state index contributed by atoms with van der Waals surface area (Å²) in [6.07, 6.45) is 0.599. The molecule has 14 heavy (non-hydrogen) atoms. The van der Waals surface area contributed by atoms with Gasteiger partial charge in [-0.1, -0.05) is 6.92 Å². The summed E-state index contributed by atoms with van der Waals surface area (Å²) in [6.45, 7) is 3.30. The molecular weight excluding hydrogens is 178 g/mol. The summed E-state index contributed by atoms with van der Waals surface area (Å²) >= 11 is 0. The molecule has 0 aliphatic carbocycles. The van der Waals surface area contributed by atoms with Crippen LogP contribution in [0.2, 0.25) is 0 Å². The van der Waals surface area contributed by atoms with E-state index in [0.717, 1.165) is 0 Å². The second-order valence-electron chi connectivity index (χ2n) is 3.05. The Morgan fingerprint density at radius 1 is 1.57 bits per heavy atom. The van der Waals surface area contributed by atoms with Crippen LogP contribution in [0.25, 0.3) is 0 Å². The fraction of sp³-hybridized carbons (Fsp3) is 0.273. The van der Waals surface area contributed by atoms with Crippen molar-refractivity contribution in [3.8, 4) is 11.8 Å². The lowest BCUT2D eigenvalue weighted by Crippen LogP contribution is -1.96. The lowest BCUT2D eigenvalue weighted by atomic mass is 10.0. The molecule has 0 heterocycles. The molecule has 1 rings (SSSR count). The molecule has 0 unspecified atom stereocenters. The molecule has 0 fully saturated rings. The van der Waals surface area contributed by atoms with Crippen molar-refractivity contribution < 1.29 is 9.90 Å². The number of nitriles is 1. The molecule has 0 aliphatic heterocycles. The van der Waals surface area contributed by atoms with E-state index >= 15 is 0 Å². The first-order chi connectivity index (χ1) is 6.60. The van der Waals surface area contributed by atoms with Gasteiger partial charge in [0.1, 0.15) is 11.8 Å². The summed E-state index contributed by atoms with van der Waals surface area (Å²) in [5, 5.41) is 18.3. The quantitative estimate of drug-likeness (QED) is 0.724. The van der Waals surface area contributed by atoms with Crippen molar-refractivity contribution in [2.75, 3.05) is 0 Å². The number of aromatic hydroxyl groups is 1. The van der Waals surface area contributed by atoms with Gasteiger partial charge in [-0.25, -0.2) is 0 Å². The van der Waals surface area contributed by atoms with Gasteiger partial charge in [0.2, 0.25) is 0 Å². The Labute approximate surface area is 82.6 Å². The van der Waals surface area contributed by atoms with Gasteiger partial charge in [-0.05, 0) is 31.0 Å². The molecule has 1 N–H and O–H groups in total. The van der Waals surface area contributed by atoms with Crippen LogP contribution in [-0.2, 0) is 6.42 Å². The monoisotopic (exact) mass is 189 g/mol. The fourth-order valence-corrected chi connectivity index (χ4v) is 1.25. The zero-order chi connectivity index (χ0) is 10.7. The largest absolute Gasteiger partial charge is 0.506 e. The summed E-state index contributed by atoms with van der Waals surface area (Å²) in [5.74, 6) is -0.115. The van der Waals surface area contributed by atoms with E-state index in [-0.39, 0.29) is 17.1 Å². The first kappa shape index (κ1) is 10.3. The molecule has 0 saturated carbocycles. The molecule has 3 nitrogen and oxygen atoms in total. The van der Waals surface area contributed by atoms with Gasteiger partial charge in [-0.2, -0.15) is 5.26 Å². The van der Waals surface area contributed by atoms with Crippen LogP contribution in [0.15, 0.2) is 12.1 Å². The van der Waals surface area contributed by atoms with Gasteiger partial charge in [0.05, 0.1) is 5.56 Å². The van der Waals surface area contributed by atoms with Crippen LogP contribution in [-0.4, -0.2) is 10.9 Å². The lowest BCUT2D eigenvalue weighted by molar-refractivity contribution is 0.101. The van der Waals surface area contributed by atoms with Crippen molar-refractivity contribution in [1.29, 1.82) is 5.26 Å². The van der Waals surface area contributed by atoms with Crippen LogP contribution in [0, 0.1) is 11.3 Å². The highest BCUT2D eigenvalue weighted by molar-refractivity contribution is 5.95. The summed E-state index contributed by atoms with van der Waals surface area (Å²) in [7, 11) is 0. The predicted molar refractivity (Wildman–Crippen MR) is 52.2 cm³/mol. The maximum Gasteiger partial charge on any atom is 0.159 e. The highest BCUT2D eigenvalue weighted by Gasteiger charge is 2.10. The third-order valence-corrected chi connectivity index (χ3v) is 2.10. The van der Waals surface area contributed by atoms with E-state index in [4.69, 9.17) is 5.26 Å². The minimum atomic E-state index is -0.101. The third-order valence-electron chi connectivity index (χ3n) is 2.10. The van der Waals surface area contributed by atoms with Gasteiger partial charge < -0.3 is 5.11 Å². The molecule has 1 aromatic rings. The normalized spacial score (nSPS) is 9.50. The number of nitrogens with zero attached hydrogens (tertiary/aromatic N) is 1. The number of benzene rings is 1. The Hall–Kier alpha value is -1.82. The maximum atomic E-state index is 11.1. The lowest BCUT2D eigenvalue weighted by Gasteiger charge is -2.05. The number of rotatable bonds is 2. The van der Waals surface area contributed by atoms with E-state index in [1.807, 2.05) is 13.0 Å². The Bertz CT molecular complexity index is 416. The number of carbonyl (C=O) groups excluding carboxylic acids is 1. The number of ketones is 1. The van der Waals surface area contributed by atoms with Gasteiger partial charge in [0.25, 0.3) is 0 Å². The van der Waals surface area contributed by atoms with Crippen molar-refractivity contribution in [3.63, 3.8) is 0 Å². The zero-order valence-corrected chi connectivity index (χ0v) is 8.16. The smallest absolute Gasteiger partial charge is 0.159 e. The van der Waals surface area contributed by atoms with Gasteiger partial charge in [0, 0.05) is 5.56 Å². The van der Waals surface area contributed by atoms with Gasteiger partial charge in [-0.3, -0.25) is 4.79 Å². The molecule has 0 spiro atoms. The number of carbonyl (C=O) groups is 1. The van der Waals surface area contributed by atoms with Crippen LogP contribution < -0.4 is 0 Å². The Balaban J connectivity index is 3.41. The highest BCUT2D eigenvalue weighted by Crippen LogP contribution is 2.24. The molecule has 0 saturated heterocycles. The highest BCUT2D eigenvalue weighted by atomic mass is 16.3. The Kier molecular flexibility index (Phi) is 2.88. The minimum Gasteiger partial charge on any atom is -0.506 e. The molecular formula is C11H11NO2. The van der Waals surface area contributed by atoms with E-state index in [1.54, 1.807) is 6.07 Å². The number of aryl methyl sites for hydroxylation is 1. The molecule has 0 atom stereocenters. The number of hydrogen-bond acceptors (Lipinski definition) is 3. The van der Waals surface area contributed by atoms with Crippen molar-refractivity contribution in [3.05, 3.63) is 28.8 Å². The molecule has 0 amide bonds. The van der Waals surface area contributed by atoms with E-state index in [1.165, 1.54) is 13.0 Å². The zero-order valence-electron chi connectivity index (χ0n) is 8.16. The standard InChI is InChI=1S/C11H11NO2/c1-3-8-4-9(7(2)13)5-10(6-12)11(8)14/h4-5,14H,3H2,1-2H3. The van der Waals surface area contributed by atoms with E-state index in [9.17, 15) is 9.90 Å². The summed E-state index contributed by atoms with van der Waals surface area (Å²) in [6, 6.07) is 4.90. The van der Waals surface area contributed by atoms with Crippen LogP contribution in [0.5, 0.6) is 5.75 Å². The summed E-state index contributed by atoms with van der Waals surface area (Å²) < 4.78 is 0. The van der Waals surface area contributed by atoms with Crippen molar-refractivity contribution in [2.45, 2.75) is 20.3 Å². The molecule has 3 heteroatoms. The van der Waals surface area contributed by atoms with E-state index < -0.39 is 0 Å². The van der Waals surface area contributed by atoms with Gasteiger partial charge in [-0.15, -0.1) is 0 Å². The molecule has 0 bridgehead atoms. The summed E-state index contributed by atoms with van der Waals surface area (Å²) in [5.41, 5.74) is 1.26. The number of phenolic OH excluding ortho intramolecular Hbond substituents is 1. The Morgan fingerprint density at radius 3 is 2.64 bits per heavy atom. The van der Waals surface area contributed by atoms with Crippen LogP contribution in [0.1, 0.15) is 35.3 Å². The van der Waals surface area contributed by atoms with E-state index in [0.29, 0.717) is 17.5 Å². The molecule has 0 radical (unpaired) electrons. The summed E-state index contributed by atoms with van der Waals surface area (Å²) in [4.78, 5) is 11.1. The third kappa shape index (κ3) is 1.74. The molecule has 0 aliphatic rings. The molecule has 1 aromatic carbocycles. The second kappa shape index (κ2) is 3.93. The average molecular weight is 189 g/mol. The number of Topliss-reactive ketones (excluding diaryl/α,β-unsaturated/α-hetero) is 1. The fourth-order valence-electron chi connectivity index (χ4n) is 1.25. The van der Waals surface area contributed by atoms with Gasteiger partial charge >= 0.3 is 0 Å². The Morgan fingerprint density at radius 2 is 2.21 bits per heavy atom. The van der Waals surface area contributed by atoms with Crippen molar-refractivity contribution >= 4 is 5.78 Å². The second-order valence-corrected chi connectivity index (χ2v) is 3.05. The van der Waals surface area contributed by atoms with Crippen molar-refractivity contribution in [1.82, 2.24) is 0 Å². The SMILES string of the molecule is CCc1cc(C(C)=O)cc(C#N)c1O. The first-order valence-corrected chi connectivity index (χ1v) is 4.37. The predicted octanol–water partition coefficient (Wildman–Crippen LogP) is 2.03. The topological polar surface area (TPSA) is 61.1 Å². The maximum absolute atomic E-state index is 11.1. The number of phenols is 1. The average Bonchev–Trinajstić information content (AvgIpc) is 2.17. The molecule has 72 valence electrons.